The van der Waals surface area contributed by atoms with Crippen molar-refractivity contribution >= 4 is 0 Å². The molecule has 3 rings (SSSR count). The van der Waals surface area contributed by atoms with Crippen LogP contribution in [0.25, 0.3) is 0 Å². The standard InChI is InChI=1S/C17H24N4O/c1-2-21-12-16(10-19-21)11-20-8-4-6-17(13-20)22-14-15-5-3-7-18-9-15/h3,5,7,9-10,12,17H,2,4,6,8,11,13-14H2,1H3. The van der Waals surface area contributed by atoms with E-state index in [0.29, 0.717) is 12.7 Å². The van der Waals surface area contributed by atoms with Gasteiger partial charge in [0.15, 0.2) is 0 Å². The minimum absolute atomic E-state index is 0.315. The molecule has 1 atom stereocenters. The Morgan fingerprint density at radius 3 is 3.05 bits per heavy atom. The van der Waals surface area contributed by atoms with Gasteiger partial charge < -0.3 is 4.74 Å². The molecule has 0 aromatic carbocycles. The Kier molecular flexibility index (Phi) is 5.19. The molecule has 0 bridgehead atoms. The number of hydrogen-bond acceptors (Lipinski definition) is 4. The van der Waals surface area contributed by atoms with Gasteiger partial charge in [-0.2, -0.15) is 5.10 Å². The molecule has 1 unspecified atom stereocenters. The Balaban J connectivity index is 1.48. The lowest BCUT2D eigenvalue weighted by atomic mass is 10.1. The van der Waals surface area contributed by atoms with Crippen molar-refractivity contribution in [2.24, 2.45) is 0 Å². The largest absolute Gasteiger partial charge is 0.372 e. The number of nitrogens with zero attached hydrogens (tertiary/aromatic N) is 4. The van der Waals surface area contributed by atoms with E-state index < -0.39 is 0 Å². The van der Waals surface area contributed by atoms with Gasteiger partial charge in [-0.25, -0.2) is 0 Å². The zero-order valence-corrected chi connectivity index (χ0v) is 13.2. The average Bonchev–Trinajstić information content (AvgIpc) is 3.02. The van der Waals surface area contributed by atoms with Crippen molar-refractivity contribution in [1.82, 2.24) is 19.7 Å². The second-order valence-corrected chi connectivity index (χ2v) is 5.88. The van der Waals surface area contributed by atoms with E-state index in [-0.39, 0.29) is 0 Å². The summed E-state index contributed by atoms with van der Waals surface area (Å²) in [5.41, 5.74) is 2.43. The second kappa shape index (κ2) is 7.51. The van der Waals surface area contributed by atoms with E-state index in [9.17, 15) is 0 Å². The van der Waals surface area contributed by atoms with Gasteiger partial charge in [-0.1, -0.05) is 6.07 Å². The molecule has 0 radical (unpaired) electrons. The molecule has 0 saturated carbocycles. The Morgan fingerprint density at radius 2 is 2.27 bits per heavy atom. The van der Waals surface area contributed by atoms with Gasteiger partial charge in [0.25, 0.3) is 0 Å². The number of pyridine rings is 1. The zero-order chi connectivity index (χ0) is 15.2. The summed E-state index contributed by atoms with van der Waals surface area (Å²) in [6.07, 6.45) is 10.4. The van der Waals surface area contributed by atoms with Gasteiger partial charge in [-0.3, -0.25) is 14.6 Å². The maximum atomic E-state index is 6.06. The van der Waals surface area contributed by atoms with Crippen LogP contribution in [0, 0.1) is 0 Å². The summed E-state index contributed by atoms with van der Waals surface area (Å²) in [6.45, 7) is 6.80. The van der Waals surface area contributed by atoms with Gasteiger partial charge in [0.1, 0.15) is 0 Å². The van der Waals surface area contributed by atoms with E-state index in [4.69, 9.17) is 4.74 Å². The maximum Gasteiger partial charge on any atom is 0.0736 e. The lowest BCUT2D eigenvalue weighted by molar-refractivity contribution is -0.0121. The number of ether oxygens (including phenoxy) is 1. The monoisotopic (exact) mass is 300 g/mol. The molecule has 118 valence electrons. The molecule has 1 saturated heterocycles. The number of rotatable bonds is 6. The minimum Gasteiger partial charge on any atom is -0.372 e. The predicted octanol–water partition coefficient (Wildman–Crippen LogP) is 2.48. The minimum atomic E-state index is 0.315. The van der Waals surface area contributed by atoms with E-state index in [1.807, 2.05) is 23.1 Å². The van der Waals surface area contributed by atoms with E-state index in [0.717, 1.165) is 38.2 Å². The number of aromatic nitrogens is 3. The third-order valence-electron chi connectivity index (χ3n) is 4.09. The van der Waals surface area contributed by atoms with Crippen LogP contribution in [-0.4, -0.2) is 38.9 Å². The van der Waals surface area contributed by atoms with E-state index in [1.54, 1.807) is 6.20 Å². The van der Waals surface area contributed by atoms with Gasteiger partial charge >= 0.3 is 0 Å². The van der Waals surface area contributed by atoms with Crippen LogP contribution < -0.4 is 0 Å². The predicted molar refractivity (Wildman–Crippen MR) is 85.2 cm³/mol. The Bertz CT molecular complexity index is 569. The van der Waals surface area contributed by atoms with Gasteiger partial charge in [0.2, 0.25) is 0 Å². The highest BCUT2D eigenvalue weighted by Crippen LogP contribution is 2.17. The van der Waals surface area contributed by atoms with Gasteiger partial charge in [-0.05, 0) is 37.9 Å². The van der Waals surface area contributed by atoms with E-state index >= 15 is 0 Å². The summed E-state index contributed by atoms with van der Waals surface area (Å²) < 4.78 is 8.04. The molecule has 1 aliphatic rings. The van der Waals surface area contributed by atoms with Gasteiger partial charge in [0, 0.05) is 43.8 Å². The molecule has 0 spiro atoms. The Labute approximate surface area is 131 Å². The first-order valence-electron chi connectivity index (χ1n) is 8.07. The van der Waals surface area contributed by atoms with Crippen LogP contribution in [0.5, 0.6) is 0 Å². The molecule has 0 amide bonds. The first-order chi connectivity index (χ1) is 10.8. The summed E-state index contributed by atoms with van der Waals surface area (Å²) in [4.78, 5) is 6.60. The van der Waals surface area contributed by atoms with Crippen LogP contribution in [0.4, 0.5) is 0 Å². The molecule has 3 heterocycles. The molecule has 1 fully saturated rings. The Morgan fingerprint density at radius 1 is 1.32 bits per heavy atom. The zero-order valence-electron chi connectivity index (χ0n) is 13.2. The van der Waals surface area contributed by atoms with Gasteiger partial charge in [-0.15, -0.1) is 0 Å². The highest BCUT2D eigenvalue weighted by atomic mass is 16.5. The van der Waals surface area contributed by atoms with Crippen LogP contribution in [0.1, 0.15) is 30.9 Å². The van der Waals surface area contributed by atoms with E-state index in [1.165, 1.54) is 12.0 Å². The molecule has 0 aliphatic carbocycles. The molecule has 1 aliphatic heterocycles. The maximum absolute atomic E-state index is 6.06. The summed E-state index contributed by atoms with van der Waals surface area (Å²) in [5, 5.41) is 4.35. The van der Waals surface area contributed by atoms with Crippen LogP contribution in [0.2, 0.25) is 0 Å². The van der Waals surface area contributed by atoms with Crippen LogP contribution in [0.15, 0.2) is 36.9 Å². The topological polar surface area (TPSA) is 43.2 Å². The molecule has 2 aromatic rings. The molecule has 5 nitrogen and oxygen atoms in total. The van der Waals surface area contributed by atoms with Crippen molar-refractivity contribution in [1.29, 1.82) is 0 Å². The molecule has 0 N–H and O–H groups in total. The lowest BCUT2D eigenvalue weighted by Gasteiger charge is -2.32. The molecular formula is C17H24N4O. The first-order valence-corrected chi connectivity index (χ1v) is 8.07. The van der Waals surface area contributed by atoms with Crippen molar-refractivity contribution in [2.45, 2.75) is 45.6 Å². The normalized spacial score (nSPS) is 19.4. The molecule has 22 heavy (non-hydrogen) atoms. The quantitative estimate of drug-likeness (QED) is 0.822. The third-order valence-corrected chi connectivity index (χ3v) is 4.09. The van der Waals surface area contributed by atoms with Crippen LogP contribution >= 0.6 is 0 Å². The fourth-order valence-corrected chi connectivity index (χ4v) is 2.91. The summed E-state index contributed by atoms with van der Waals surface area (Å²) >= 11 is 0. The van der Waals surface area contributed by atoms with Crippen molar-refractivity contribution < 1.29 is 4.74 Å². The highest BCUT2D eigenvalue weighted by Gasteiger charge is 2.20. The highest BCUT2D eigenvalue weighted by molar-refractivity contribution is 5.07. The SMILES string of the molecule is CCn1cc(CN2CCCC(OCc3cccnc3)C2)cn1. The molecule has 2 aromatic heterocycles. The molecule has 5 heteroatoms. The lowest BCUT2D eigenvalue weighted by Crippen LogP contribution is -2.39. The van der Waals surface area contributed by atoms with Crippen LogP contribution in [0.3, 0.4) is 0 Å². The number of piperidine rings is 1. The fourth-order valence-electron chi connectivity index (χ4n) is 2.91. The smallest absolute Gasteiger partial charge is 0.0736 e. The number of hydrogen-bond donors (Lipinski definition) is 0. The molecular weight excluding hydrogens is 276 g/mol. The van der Waals surface area contributed by atoms with Crippen molar-refractivity contribution in [2.75, 3.05) is 13.1 Å². The summed E-state index contributed by atoms with van der Waals surface area (Å²) in [5.74, 6) is 0. The van der Waals surface area contributed by atoms with Crippen molar-refractivity contribution in [3.05, 3.63) is 48.0 Å². The second-order valence-electron chi connectivity index (χ2n) is 5.88. The Hall–Kier alpha value is -1.72. The first kappa shape index (κ1) is 15.2. The summed E-state index contributed by atoms with van der Waals surface area (Å²) in [7, 11) is 0. The summed E-state index contributed by atoms with van der Waals surface area (Å²) in [6, 6.07) is 4.02. The number of likely N-dealkylation sites (tertiary alicyclic amines) is 1. The average molecular weight is 300 g/mol. The van der Waals surface area contributed by atoms with Crippen LogP contribution in [-0.2, 0) is 24.4 Å². The van der Waals surface area contributed by atoms with Crippen molar-refractivity contribution in [3.63, 3.8) is 0 Å². The fraction of sp³-hybridized carbons (Fsp3) is 0.529. The van der Waals surface area contributed by atoms with Gasteiger partial charge in [0.05, 0.1) is 18.9 Å². The van der Waals surface area contributed by atoms with Crippen molar-refractivity contribution in [3.8, 4) is 0 Å². The van der Waals surface area contributed by atoms with E-state index in [2.05, 4.69) is 34.2 Å². The third kappa shape index (κ3) is 4.15. The number of aryl methyl sites for hydroxylation is 1.